The molecule has 1 saturated heterocycles. The molecule has 1 aromatic heterocycles. The van der Waals surface area contributed by atoms with Crippen molar-refractivity contribution in [3.63, 3.8) is 0 Å². The lowest BCUT2D eigenvalue weighted by atomic mass is 10.1. The fourth-order valence-corrected chi connectivity index (χ4v) is 3.62. The average molecular weight is 306 g/mol. The van der Waals surface area contributed by atoms with Crippen molar-refractivity contribution in [1.82, 2.24) is 4.90 Å². The highest BCUT2D eigenvalue weighted by molar-refractivity contribution is 6.31. The number of halogens is 1. The van der Waals surface area contributed by atoms with Crippen LogP contribution in [0.2, 0.25) is 5.02 Å². The molecule has 1 aliphatic carbocycles. The zero-order chi connectivity index (χ0) is 14.4. The Bertz CT molecular complexity index is 696. The molecule has 1 saturated carbocycles. The fourth-order valence-electron chi connectivity index (χ4n) is 3.44. The third-order valence-electron chi connectivity index (χ3n) is 4.43. The molecule has 110 valence electrons. The number of hydrogen-bond acceptors (Lipinski definition) is 3. The summed E-state index contributed by atoms with van der Waals surface area (Å²) in [5, 5.41) is 1.51. The summed E-state index contributed by atoms with van der Waals surface area (Å²) in [7, 11) is 0. The van der Waals surface area contributed by atoms with E-state index in [-0.39, 0.29) is 18.1 Å². The van der Waals surface area contributed by atoms with Crippen molar-refractivity contribution in [2.75, 3.05) is 13.2 Å². The lowest BCUT2D eigenvalue weighted by Gasteiger charge is -2.37. The SMILES string of the molecule is O=C(c1cc2cc(Cl)ccc2o1)N1CCO[C@H]2CCC[C@@H]21. The second-order valence-corrected chi connectivity index (χ2v) is 6.14. The highest BCUT2D eigenvalue weighted by atomic mass is 35.5. The number of fused-ring (bicyclic) bond motifs is 2. The van der Waals surface area contributed by atoms with Crippen LogP contribution in [0.4, 0.5) is 0 Å². The molecule has 0 spiro atoms. The first-order valence-corrected chi connectivity index (χ1v) is 7.72. The third kappa shape index (κ3) is 2.23. The summed E-state index contributed by atoms with van der Waals surface area (Å²) >= 11 is 5.98. The van der Waals surface area contributed by atoms with Crippen LogP contribution in [0.25, 0.3) is 11.0 Å². The first-order chi connectivity index (χ1) is 10.2. The highest BCUT2D eigenvalue weighted by Gasteiger charge is 2.39. The molecule has 2 aromatic rings. The van der Waals surface area contributed by atoms with Gasteiger partial charge in [0.1, 0.15) is 5.58 Å². The predicted octanol–water partition coefficient (Wildman–Crippen LogP) is 3.48. The van der Waals surface area contributed by atoms with E-state index in [4.69, 9.17) is 20.8 Å². The van der Waals surface area contributed by atoms with E-state index in [9.17, 15) is 4.79 Å². The van der Waals surface area contributed by atoms with E-state index in [0.717, 1.165) is 24.6 Å². The molecule has 1 aliphatic heterocycles. The largest absolute Gasteiger partial charge is 0.451 e. The quantitative estimate of drug-likeness (QED) is 0.810. The molecule has 4 nitrogen and oxygen atoms in total. The van der Waals surface area contributed by atoms with Crippen LogP contribution in [-0.4, -0.2) is 36.1 Å². The van der Waals surface area contributed by atoms with E-state index in [1.807, 2.05) is 11.0 Å². The van der Waals surface area contributed by atoms with Crippen molar-refractivity contribution in [1.29, 1.82) is 0 Å². The van der Waals surface area contributed by atoms with Gasteiger partial charge in [0.25, 0.3) is 5.91 Å². The summed E-state index contributed by atoms with van der Waals surface area (Å²) in [6.45, 7) is 1.25. The Labute approximate surface area is 127 Å². The first kappa shape index (κ1) is 13.2. The van der Waals surface area contributed by atoms with Gasteiger partial charge in [0.15, 0.2) is 5.76 Å². The van der Waals surface area contributed by atoms with Gasteiger partial charge >= 0.3 is 0 Å². The standard InChI is InChI=1S/C16H16ClNO3/c17-11-4-5-13-10(8-11)9-15(21-13)16(19)18-6-7-20-14-3-1-2-12(14)18/h4-5,8-9,12,14H,1-3,6-7H2/t12-,14-/m0/s1. The van der Waals surface area contributed by atoms with Gasteiger partial charge in [-0.05, 0) is 43.5 Å². The lowest BCUT2D eigenvalue weighted by molar-refractivity contribution is -0.0453. The zero-order valence-electron chi connectivity index (χ0n) is 11.5. The van der Waals surface area contributed by atoms with Crippen LogP contribution in [0.3, 0.4) is 0 Å². The van der Waals surface area contributed by atoms with E-state index < -0.39 is 0 Å². The molecule has 5 heteroatoms. The Morgan fingerprint density at radius 1 is 1.29 bits per heavy atom. The lowest BCUT2D eigenvalue weighted by Crippen LogP contribution is -2.51. The summed E-state index contributed by atoms with van der Waals surface area (Å²) in [6, 6.07) is 7.36. The summed E-state index contributed by atoms with van der Waals surface area (Å²) in [5.41, 5.74) is 0.694. The maximum Gasteiger partial charge on any atom is 0.290 e. The average Bonchev–Trinajstić information content (AvgIpc) is 3.11. The summed E-state index contributed by atoms with van der Waals surface area (Å²) in [6.07, 6.45) is 3.38. The Balaban J connectivity index is 1.66. The Hall–Kier alpha value is -1.52. The summed E-state index contributed by atoms with van der Waals surface area (Å²) in [4.78, 5) is 14.7. The highest BCUT2D eigenvalue weighted by Crippen LogP contribution is 2.31. The number of nitrogens with zero attached hydrogens (tertiary/aromatic N) is 1. The molecular formula is C16H16ClNO3. The second-order valence-electron chi connectivity index (χ2n) is 5.70. The van der Waals surface area contributed by atoms with Gasteiger partial charge in [-0.2, -0.15) is 0 Å². The Kier molecular flexibility index (Phi) is 3.16. The second kappa shape index (κ2) is 5.04. The van der Waals surface area contributed by atoms with Crippen LogP contribution in [-0.2, 0) is 4.74 Å². The van der Waals surface area contributed by atoms with Gasteiger partial charge in [0.2, 0.25) is 0 Å². The number of hydrogen-bond donors (Lipinski definition) is 0. The number of furan rings is 1. The maximum atomic E-state index is 12.7. The van der Waals surface area contributed by atoms with Gasteiger partial charge in [-0.25, -0.2) is 0 Å². The number of rotatable bonds is 1. The fraction of sp³-hybridized carbons (Fsp3) is 0.438. The minimum atomic E-state index is -0.0393. The molecule has 0 unspecified atom stereocenters. The molecule has 2 atom stereocenters. The van der Waals surface area contributed by atoms with Crippen molar-refractivity contribution in [2.24, 2.45) is 0 Å². The number of benzene rings is 1. The van der Waals surface area contributed by atoms with Gasteiger partial charge in [-0.3, -0.25) is 4.79 Å². The smallest absolute Gasteiger partial charge is 0.290 e. The van der Waals surface area contributed by atoms with Gasteiger partial charge in [0.05, 0.1) is 18.8 Å². The minimum Gasteiger partial charge on any atom is -0.451 e. The van der Waals surface area contributed by atoms with Gasteiger partial charge in [-0.1, -0.05) is 11.6 Å². The zero-order valence-corrected chi connectivity index (χ0v) is 12.3. The molecule has 2 fully saturated rings. The summed E-state index contributed by atoms with van der Waals surface area (Å²) < 4.78 is 11.4. The van der Waals surface area contributed by atoms with Crippen LogP contribution in [0.1, 0.15) is 29.8 Å². The van der Waals surface area contributed by atoms with Crippen LogP contribution in [0, 0.1) is 0 Å². The number of carbonyl (C=O) groups is 1. The number of amides is 1. The van der Waals surface area contributed by atoms with Crippen LogP contribution >= 0.6 is 11.6 Å². The number of ether oxygens (including phenoxy) is 1. The van der Waals surface area contributed by atoms with E-state index in [0.29, 0.717) is 29.5 Å². The van der Waals surface area contributed by atoms with Crippen LogP contribution < -0.4 is 0 Å². The Morgan fingerprint density at radius 3 is 3.10 bits per heavy atom. The van der Waals surface area contributed by atoms with Crippen molar-refractivity contribution in [2.45, 2.75) is 31.4 Å². The van der Waals surface area contributed by atoms with Gasteiger partial charge < -0.3 is 14.1 Å². The van der Waals surface area contributed by atoms with Crippen LogP contribution in [0.5, 0.6) is 0 Å². The van der Waals surface area contributed by atoms with E-state index in [1.54, 1.807) is 18.2 Å². The van der Waals surface area contributed by atoms with Crippen molar-refractivity contribution in [3.05, 3.63) is 35.0 Å². The maximum absolute atomic E-state index is 12.7. The molecular weight excluding hydrogens is 290 g/mol. The van der Waals surface area contributed by atoms with Crippen molar-refractivity contribution >= 4 is 28.5 Å². The topological polar surface area (TPSA) is 42.7 Å². The molecule has 1 amide bonds. The van der Waals surface area contributed by atoms with Crippen molar-refractivity contribution < 1.29 is 13.9 Å². The molecule has 0 radical (unpaired) electrons. The monoisotopic (exact) mass is 305 g/mol. The Morgan fingerprint density at radius 2 is 2.19 bits per heavy atom. The molecule has 2 heterocycles. The minimum absolute atomic E-state index is 0.0393. The number of morpholine rings is 1. The molecule has 21 heavy (non-hydrogen) atoms. The summed E-state index contributed by atoms with van der Waals surface area (Å²) in [5.74, 6) is 0.349. The molecule has 1 aromatic carbocycles. The van der Waals surface area contributed by atoms with E-state index in [1.165, 1.54) is 0 Å². The molecule has 2 aliphatic rings. The molecule has 0 bridgehead atoms. The third-order valence-corrected chi connectivity index (χ3v) is 4.67. The first-order valence-electron chi connectivity index (χ1n) is 7.34. The van der Waals surface area contributed by atoms with Crippen LogP contribution in [0.15, 0.2) is 28.7 Å². The normalized spacial score (nSPS) is 25.3. The molecule has 0 N–H and O–H groups in total. The number of carbonyl (C=O) groups excluding carboxylic acids is 1. The van der Waals surface area contributed by atoms with E-state index >= 15 is 0 Å². The van der Waals surface area contributed by atoms with Crippen molar-refractivity contribution in [3.8, 4) is 0 Å². The molecule has 4 rings (SSSR count). The predicted molar refractivity (Wildman–Crippen MR) is 79.6 cm³/mol. The van der Waals surface area contributed by atoms with E-state index in [2.05, 4.69) is 0 Å². The van der Waals surface area contributed by atoms with Gasteiger partial charge in [-0.15, -0.1) is 0 Å². The van der Waals surface area contributed by atoms with Gasteiger partial charge in [0, 0.05) is 17.0 Å².